The summed E-state index contributed by atoms with van der Waals surface area (Å²) in [5, 5.41) is 12.7. The number of aliphatic carboxylic acids is 1. The maximum atomic E-state index is 14.1. The molecule has 3 aromatic carbocycles. The van der Waals surface area contributed by atoms with E-state index >= 15 is 0 Å². The van der Waals surface area contributed by atoms with Crippen molar-refractivity contribution in [1.82, 2.24) is 15.2 Å². The fraction of sp³-hybridized carbons (Fsp3) is 0.200. The van der Waals surface area contributed by atoms with Crippen LogP contribution < -0.4 is 10.2 Å². The van der Waals surface area contributed by atoms with Crippen molar-refractivity contribution in [2.45, 2.75) is 38.4 Å². The summed E-state index contributed by atoms with van der Waals surface area (Å²) in [6.45, 7) is 3.33. The molecule has 9 nitrogen and oxygen atoms in total. The number of anilines is 1. The van der Waals surface area contributed by atoms with Crippen LogP contribution in [0.4, 0.5) is 10.5 Å². The van der Waals surface area contributed by atoms with E-state index in [1.807, 2.05) is 55.5 Å². The zero-order valence-electron chi connectivity index (χ0n) is 21.3. The number of aromatic amines is 1. The van der Waals surface area contributed by atoms with Gasteiger partial charge < -0.3 is 15.4 Å². The quantitative estimate of drug-likeness (QED) is 0.340. The fourth-order valence-electron chi connectivity index (χ4n) is 5.59. The van der Waals surface area contributed by atoms with Crippen molar-refractivity contribution < 1.29 is 24.3 Å². The number of aromatic nitrogens is 1. The first kappa shape index (κ1) is 24.4. The monoisotopic (exact) mass is 522 g/mol. The minimum atomic E-state index is -1.19. The number of H-pyrrole nitrogens is 1. The minimum Gasteiger partial charge on any atom is -0.480 e. The Morgan fingerprint density at radius 2 is 1.69 bits per heavy atom. The first-order valence-electron chi connectivity index (χ1n) is 12.7. The van der Waals surface area contributed by atoms with Crippen LogP contribution >= 0.6 is 0 Å². The number of hydrogen-bond donors (Lipinski definition) is 3. The summed E-state index contributed by atoms with van der Waals surface area (Å²) in [6.07, 6.45) is 0.327. The highest BCUT2D eigenvalue weighted by atomic mass is 16.4. The molecule has 0 bridgehead atoms. The number of carbonyl (C=O) groups is 4. The van der Waals surface area contributed by atoms with E-state index in [0.29, 0.717) is 6.42 Å². The Labute approximate surface area is 224 Å². The van der Waals surface area contributed by atoms with E-state index in [1.165, 1.54) is 19.1 Å². The van der Waals surface area contributed by atoms with Crippen molar-refractivity contribution in [3.8, 4) is 0 Å². The number of amides is 4. The highest BCUT2D eigenvalue weighted by molar-refractivity contribution is 6.24. The van der Waals surface area contributed by atoms with E-state index in [-0.39, 0.29) is 11.3 Å². The molecular weight excluding hydrogens is 496 g/mol. The third-order valence-electron chi connectivity index (χ3n) is 7.55. The smallest absolute Gasteiger partial charge is 0.332 e. The van der Waals surface area contributed by atoms with Crippen LogP contribution in [0, 0.1) is 6.92 Å². The van der Waals surface area contributed by atoms with Crippen LogP contribution in [0.3, 0.4) is 0 Å². The number of carboxylic acids is 1. The number of carbonyl (C=O) groups excluding carboxylic acids is 3. The second-order valence-corrected chi connectivity index (χ2v) is 10.0. The van der Waals surface area contributed by atoms with E-state index in [1.54, 1.807) is 17.0 Å². The number of carboxylic acid groups (broad SMARTS) is 1. The maximum Gasteiger partial charge on any atom is 0.332 e. The van der Waals surface area contributed by atoms with Gasteiger partial charge in [-0.3, -0.25) is 19.3 Å². The van der Waals surface area contributed by atoms with Crippen LogP contribution in [-0.4, -0.2) is 50.9 Å². The van der Waals surface area contributed by atoms with Gasteiger partial charge in [-0.25, -0.2) is 9.69 Å². The van der Waals surface area contributed by atoms with Crippen LogP contribution in [0.5, 0.6) is 0 Å². The zero-order chi connectivity index (χ0) is 27.4. The molecule has 4 aromatic rings. The van der Waals surface area contributed by atoms with Gasteiger partial charge in [-0.15, -0.1) is 0 Å². The number of benzene rings is 3. The summed E-state index contributed by atoms with van der Waals surface area (Å²) in [5.74, 6) is -2.31. The number of urea groups is 1. The average molecular weight is 523 g/mol. The summed E-state index contributed by atoms with van der Waals surface area (Å²) in [5.41, 5.74) is 4.89. The van der Waals surface area contributed by atoms with Crippen LogP contribution in [0.15, 0.2) is 72.8 Å². The SMILES string of the molecule is Cc1ccc([C@@H]2c3[nH]c4ccccc4c3C[C@H]3C(=O)N(c4ccccc4C(=O)N[C@@H](C)C(=O)O)C(=O)N23)cc1. The molecule has 0 radical (unpaired) electrons. The molecule has 0 aliphatic carbocycles. The molecule has 0 saturated carbocycles. The Morgan fingerprint density at radius 1 is 1.00 bits per heavy atom. The number of rotatable bonds is 5. The molecule has 2 aliphatic rings. The lowest BCUT2D eigenvalue weighted by molar-refractivity contribution is -0.138. The third kappa shape index (κ3) is 3.85. The highest BCUT2D eigenvalue weighted by Gasteiger charge is 2.53. The van der Waals surface area contributed by atoms with Crippen LogP contribution in [0.2, 0.25) is 0 Å². The molecule has 0 unspecified atom stereocenters. The molecule has 1 aromatic heterocycles. The zero-order valence-corrected chi connectivity index (χ0v) is 21.3. The van der Waals surface area contributed by atoms with E-state index in [4.69, 9.17) is 0 Å². The van der Waals surface area contributed by atoms with Crippen molar-refractivity contribution in [3.63, 3.8) is 0 Å². The lowest BCUT2D eigenvalue weighted by Crippen LogP contribution is -2.44. The molecular formula is C30H26N4O5. The maximum absolute atomic E-state index is 14.1. The van der Waals surface area contributed by atoms with Gasteiger partial charge in [-0.05, 0) is 43.2 Å². The van der Waals surface area contributed by atoms with Crippen LogP contribution in [0.1, 0.15) is 45.7 Å². The predicted molar refractivity (Wildman–Crippen MR) is 145 cm³/mol. The van der Waals surface area contributed by atoms with Crippen molar-refractivity contribution in [3.05, 3.63) is 101 Å². The van der Waals surface area contributed by atoms with Gasteiger partial charge in [-0.2, -0.15) is 0 Å². The molecule has 39 heavy (non-hydrogen) atoms. The lowest BCUT2D eigenvalue weighted by atomic mass is 9.88. The molecule has 196 valence electrons. The van der Waals surface area contributed by atoms with Gasteiger partial charge in [0.25, 0.3) is 11.8 Å². The topological polar surface area (TPSA) is 123 Å². The Bertz CT molecular complexity index is 1660. The lowest BCUT2D eigenvalue weighted by Gasteiger charge is -2.36. The molecule has 4 amide bonds. The van der Waals surface area contributed by atoms with E-state index in [0.717, 1.165) is 38.2 Å². The number of fused-ring (bicyclic) bond motifs is 4. The molecule has 6 rings (SSSR count). The Balaban J connectivity index is 1.46. The number of para-hydroxylation sites is 2. The number of imide groups is 1. The molecule has 3 N–H and O–H groups in total. The number of hydrogen-bond acceptors (Lipinski definition) is 4. The van der Waals surface area contributed by atoms with E-state index < -0.39 is 41.9 Å². The second-order valence-electron chi connectivity index (χ2n) is 10.0. The van der Waals surface area contributed by atoms with E-state index in [2.05, 4.69) is 10.3 Å². The third-order valence-corrected chi connectivity index (χ3v) is 7.55. The average Bonchev–Trinajstić information content (AvgIpc) is 3.42. The normalized spacial score (nSPS) is 19.1. The van der Waals surface area contributed by atoms with Crippen molar-refractivity contribution in [2.24, 2.45) is 0 Å². The highest BCUT2D eigenvalue weighted by Crippen LogP contribution is 2.45. The fourth-order valence-corrected chi connectivity index (χ4v) is 5.59. The Hall–Kier alpha value is -4.92. The predicted octanol–water partition coefficient (Wildman–Crippen LogP) is 4.16. The van der Waals surface area contributed by atoms with E-state index in [9.17, 15) is 24.3 Å². The van der Waals surface area contributed by atoms with Gasteiger partial charge in [0, 0.05) is 23.0 Å². The molecule has 0 spiro atoms. The summed E-state index contributed by atoms with van der Waals surface area (Å²) in [6, 6.07) is 19.0. The standard InChI is InChI=1S/C30H26N4O5/c1-16-11-13-18(14-12-16)26-25-21(19-7-3-5-9-22(19)32-25)15-24-28(36)34(30(39)33(24)26)23-10-6-4-8-20(23)27(35)31-17(2)29(37)38/h3-14,17,24,26,32H,15H2,1-2H3,(H,31,35)(H,37,38)/t17-,24-,26+/m0/s1. The van der Waals surface area contributed by atoms with Gasteiger partial charge >= 0.3 is 12.0 Å². The molecule has 3 heterocycles. The van der Waals surface area contributed by atoms with Gasteiger partial charge in [-0.1, -0.05) is 60.2 Å². The number of nitrogens with zero attached hydrogens (tertiary/aromatic N) is 2. The summed E-state index contributed by atoms with van der Waals surface area (Å²) >= 11 is 0. The summed E-state index contributed by atoms with van der Waals surface area (Å²) in [7, 11) is 0. The van der Waals surface area contributed by atoms with Gasteiger partial charge in [0.1, 0.15) is 18.1 Å². The molecule has 9 heteroatoms. The summed E-state index contributed by atoms with van der Waals surface area (Å²) < 4.78 is 0. The summed E-state index contributed by atoms with van der Waals surface area (Å²) in [4.78, 5) is 58.6. The minimum absolute atomic E-state index is 0.0444. The van der Waals surface area contributed by atoms with Gasteiger partial charge in [0.05, 0.1) is 11.3 Å². The van der Waals surface area contributed by atoms with Gasteiger partial charge in [0.15, 0.2) is 0 Å². The second kappa shape index (κ2) is 9.13. The Kier molecular flexibility index (Phi) is 5.71. The molecule has 1 fully saturated rings. The van der Waals surface area contributed by atoms with Crippen LogP contribution in [0.25, 0.3) is 10.9 Å². The van der Waals surface area contributed by atoms with Gasteiger partial charge in [0.2, 0.25) is 0 Å². The van der Waals surface area contributed by atoms with Crippen molar-refractivity contribution in [1.29, 1.82) is 0 Å². The largest absolute Gasteiger partial charge is 0.480 e. The van der Waals surface area contributed by atoms with Crippen LogP contribution in [-0.2, 0) is 16.0 Å². The molecule has 3 atom stereocenters. The first-order chi connectivity index (χ1) is 18.8. The first-order valence-corrected chi connectivity index (χ1v) is 12.7. The number of aryl methyl sites for hydroxylation is 1. The van der Waals surface area contributed by atoms with Crippen molar-refractivity contribution in [2.75, 3.05) is 4.90 Å². The molecule has 2 aliphatic heterocycles. The molecule has 1 saturated heterocycles. The Morgan fingerprint density at radius 3 is 2.44 bits per heavy atom. The van der Waals surface area contributed by atoms with Crippen molar-refractivity contribution >= 4 is 40.4 Å². The number of nitrogens with one attached hydrogen (secondary N) is 2.